The van der Waals surface area contributed by atoms with Crippen LogP contribution in [0, 0.1) is 0 Å². The second kappa shape index (κ2) is 10.2. The van der Waals surface area contributed by atoms with Crippen molar-refractivity contribution in [2.45, 2.75) is 63.5 Å². The summed E-state index contributed by atoms with van der Waals surface area (Å²) in [5, 5.41) is 19.6. The molecule has 1 N–H and O–H groups in total. The highest BCUT2D eigenvalue weighted by Crippen LogP contribution is 2.57. The molecule has 0 saturated heterocycles. The van der Waals surface area contributed by atoms with Gasteiger partial charge in [0.15, 0.2) is 5.69 Å². The van der Waals surface area contributed by atoms with Crippen molar-refractivity contribution in [3.63, 3.8) is 0 Å². The summed E-state index contributed by atoms with van der Waals surface area (Å²) in [5.41, 5.74) is 4.07. The molecule has 0 unspecified atom stereocenters. The molecule has 202 valence electrons. The Hall–Kier alpha value is -3.00. The Balaban J connectivity index is 1.22. The molecule has 10 heteroatoms. The van der Waals surface area contributed by atoms with E-state index in [0.717, 1.165) is 41.8 Å². The minimum atomic E-state index is -1.02. The number of nitrogens with zero attached hydrogens (tertiary/aromatic N) is 3. The Bertz CT molecular complexity index is 1550. The monoisotopic (exact) mass is 585 g/mol. The normalized spacial score (nSPS) is 18.5. The van der Waals surface area contributed by atoms with E-state index in [2.05, 4.69) is 10.3 Å². The minimum Gasteiger partial charge on any atom is -0.489 e. The number of halogens is 3. The summed E-state index contributed by atoms with van der Waals surface area (Å²) in [7, 11) is 0. The summed E-state index contributed by atoms with van der Waals surface area (Å²) in [5.74, 6) is 1.09. The van der Waals surface area contributed by atoms with Crippen LogP contribution in [0.5, 0.6) is 5.75 Å². The Morgan fingerprint density at radius 2 is 1.85 bits per heavy atom. The third kappa shape index (κ3) is 5.04. The molecule has 2 aromatic carbocycles. The Morgan fingerprint density at radius 3 is 2.49 bits per heavy atom. The number of carboxylic acids is 1. The van der Waals surface area contributed by atoms with Crippen molar-refractivity contribution in [2.75, 3.05) is 0 Å². The zero-order valence-electron chi connectivity index (χ0n) is 21.3. The molecule has 39 heavy (non-hydrogen) atoms. The lowest BCUT2D eigenvalue weighted by atomic mass is 10.0. The number of ether oxygens (including phenoxy) is 1. The molecule has 0 aliphatic heterocycles. The van der Waals surface area contributed by atoms with Crippen molar-refractivity contribution in [2.24, 2.45) is 0 Å². The molecule has 2 aliphatic carbocycles. The maximum atomic E-state index is 11.5. The van der Waals surface area contributed by atoms with E-state index >= 15 is 0 Å². The molecule has 0 spiro atoms. The maximum absolute atomic E-state index is 11.5. The third-order valence-corrected chi connectivity index (χ3v) is 8.32. The zero-order valence-corrected chi connectivity index (χ0v) is 23.6. The number of aromatic carboxylic acids is 1. The zero-order chi connectivity index (χ0) is 27.4. The summed E-state index contributed by atoms with van der Waals surface area (Å²) in [4.78, 5) is 11.5. The van der Waals surface area contributed by atoms with Crippen LogP contribution < -0.4 is 4.74 Å². The number of rotatable bonds is 9. The van der Waals surface area contributed by atoms with Crippen molar-refractivity contribution in [1.82, 2.24) is 14.9 Å². The summed E-state index contributed by atoms with van der Waals surface area (Å²) >= 11 is 19.7. The molecule has 2 atom stereocenters. The highest BCUT2D eigenvalue weighted by Gasteiger charge is 2.43. The van der Waals surface area contributed by atoms with Gasteiger partial charge in [-0.15, -0.1) is 0 Å². The van der Waals surface area contributed by atoms with Gasteiger partial charge in [-0.25, -0.2) is 4.79 Å². The molecule has 2 aliphatic rings. The molecule has 2 aromatic heterocycles. The summed E-state index contributed by atoms with van der Waals surface area (Å²) in [6, 6.07) is 12.8. The standard InChI is InChI=1S/C29H26Cl3N3O4/c1-14(2)35-25(12-24(33-35)29(36)37)19-11-18(19)17-9-8-16(10-23(17)32)38-13-20-27(34-39-28(20)15-6-7-15)26-21(30)4-3-5-22(26)31/h3-5,8-10,12,14-15,18-19H,6-7,11,13H2,1-2H3,(H,36,37)/t18-,19+/m0/s1. The lowest BCUT2D eigenvalue weighted by Crippen LogP contribution is -2.08. The van der Waals surface area contributed by atoms with Gasteiger partial charge in [0, 0.05) is 34.2 Å². The van der Waals surface area contributed by atoms with E-state index in [-0.39, 0.29) is 30.2 Å². The third-order valence-electron chi connectivity index (χ3n) is 7.36. The van der Waals surface area contributed by atoms with Crippen LogP contribution in [0.15, 0.2) is 47.0 Å². The van der Waals surface area contributed by atoms with Gasteiger partial charge in [0.25, 0.3) is 0 Å². The molecule has 2 fully saturated rings. The topological polar surface area (TPSA) is 90.4 Å². The van der Waals surface area contributed by atoms with Crippen molar-refractivity contribution in [3.8, 4) is 17.0 Å². The van der Waals surface area contributed by atoms with E-state index in [1.807, 2.05) is 32.0 Å². The van der Waals surface area contributed by atoms with Crippen LogP contribution in [-0.4, -0.2) is 26.0 Å². The van der Waals surface area contributed by atoms with Crippen LogP contribution in [0.25, 0.3) is 11.3 Å². The highest BCUT2D eigenvalue weighted by atomic mass is 35.5. The van der Waals surface area contributed by atoms with E-state index in [1.165, 1.54) is 0 Å². The van der Waals surface area contributed by atoms with E-state index in [0.29, 0.717) is 38.0 Å². The second-order valence-electron chi connectivity index (χ2n) is 10.5. The average Bonchev–Trinajstić information content (AvgIpc) is 3.80. The van der Waals surface area contributed by atoms with Gasteiger partial charge < -0.3 is 14.4 Å². The van der Waals surface area contributed by atoms with Gasteiger partial charge in [-0.2, -0.15) is 5.10 Å². The summed E-state index contributed by atoms with van der Waals surface area (Å²) in [6.45, 7) is 4.22. The van der Waals surface area contributed by atoms with E-state index < -0.39 is 5.97 Å². The van der Waals surface area contributed by atoms with Gasteiger partial charge in [-0.1, -0.05) is 52.1 Å². The molecule has 0 amide bonds. The average molecular weight is 587 g/mol. The number of benzene rings is 2. The molecule has 4 aromatic rings. The number of hydrogen-bond donors (Lipinski definition) is 1. The fourth-order valence-corrected chi connectivity index (χ4v) is 6.06. The first-order valence-electron chi connectivity index (χ1n) is 12.9. The van der Waals surface area contributed by atoms with E-state index in [9.17, 15) is 9.90 Å². The van der Waals surface area contributed by atoms with Crippen molar-refractivity contribution in [3.05, 3.63) is 85.8 Å². The fourth-order valence-electron chi connectivity index (χ4n) is 5.17. The van der Waals surface area contributed by atoms with Crippen molar-refractivity contribution < 1.29 is 19.2 Å². The van der Waals surface area contributed by atoms with E-state index in [1.54, 1.807) is 28.9 Å². The fraction of sp³-hybridized carbons (Fsp3) is 0.345. The predicted octanol–water partition coefficient (Wildman–Crippen LogP) is 8.50. The van der Waals surface area contributed by atoms with Gasteiger partial charge >= 0.3 is 5.97 Å². The van der Waals surface area contributed by atoms with Crippen LogP contribution in [0.1, 0.15) is 90.0 Å². The number of carbonyl (C=O) groups is 1. The second-order valence-corrected chi connectivity index (χ2v) is 11.7. The first-order chi connectivity index (χ1) is 18.7. The molecular formula is C29H26Cl3N3O4. The molecular weight excluding hydrogens is 561 g/mol. The maximum Gasteiger partial charge on any atom is 0.356 e. The Morgan fingerprint density at radius 1 is 1.10 bits per heavy atom. The molecule has 7 nitrogen and oxygen atoms in total. The molecule has 0 bridgehead atoms. The van der Waals surface area contributed by atoms with Gasteiger partial charge in [0.2, 0.25) is 0 Å². The minimum absolute atomic E-state index is 0.0593. The number of carboxylic acid groups (broad SMARTS) is 1. The molecule has 0 radical (unpaired) electrons. The van der Waals surface area contributed by atoms with Crippen LogP contribution in [0.4, 0.5) is 0 Å². The van der Waals surface area contributed by atoms with Crippen LogP contribution in [-0.2, 0) is 6.61 Å². The van der Waals surface area contributed by atoms with Crippen LogP contribution >= 0.6 is 34.8 Å². The SMILES string of the molecule is CC(C)n1nc(C(=O)O)cc1[C@@H]1C[C@H]1c1ccc(OCc2c(-c3c(Cl)cccc3Cl)noc2C2CC2)cc1Cl. The number of aromatic nitrogens is 3. The van der Waals surface area contributed by atoms with Gasteiger partial charge in [-0.3, -0.25) is 4.68 Å². The van der Waals surface area contributed by atoms with Gasteiger partial charge in [0.05, 0.1) is 15.6 Å². The van der Waals surface area contributed by atoms with E-state index in [4.69, 9.17) is 44.1 Å². The first-order valence-corrected chi connectivity index (χ1v) is 14.0. The lowest BCUT2D eigenvalue weighted by molar-refractivity contribution is 0.0689. The summed E-state index contributed by atoms with van der Waals surface area (Å²) < 4.78 is 13.7. The van der Waals surface area contributed by atoms with Crippen molar-refractivity contribution in [1.29, 1.82) is 0 Å². The van der Waals surface area contributed by atoms with Gasteiger partial charge in [-0.05, 0) is 74.9 Å². The Labute approximate surface area is 240 Å². The molecule has 6 rings (SSSR count). The number of hydrogen-bond acceptors (Lipinski definition) is 5. The predicted molar refractivity (Wildman–Crippen MR) is 149 cm³/mol. The summed E-state index contributed by atoms with van der Waals surface area (Å²) in [6.07, 6.45) is 2.97. The first kappa shape index (κ1) is 26.2. The lowest BCUT2D eigenvalue weighted by Gasteiger charge is -2.12. The van der Waals surface area contributed by atoms with Crippen molar-refractivity contribution >= 4 is 40.8 Å². The quantitative estimate of drug-likeness (QED) is 0.211. The molecule has 2 saturated carbocycles. The van der Waals surface area contributed by atoms with Crippen LogP contribution in [0.2, 0.25) is 15.1 Å². The van der Waals surface area contributed by atoms with Crippen LogP contribution in [0.3, 0.4) is 0 Å². The smallest absolute Gasteiger partial charge is 0.356 e. The Kier molecular flexibility index (Phi) is 6.86. The van der Waals surface area contributed by atoms with Gasteiger partial charge in [0.1, 0.15) is 23.8 Å². The molecule has 2 heterocycles. The largest absolute Gasteiger partial charge is 0.489 e. The highest BCUT2D eigenvalue weighted by molar-refractivity contribution is 6.39.